The summed E-state index contributed by atoms with van der Waals surface area (Å²) in [5, 5.41) is 10.6. The summed E-state index contributed by atoms with van der Waals surface area (Å²) in [5.74, 6) is 0.130. The molecule has 0 aliphatic heterocycles. The Labute approximate surface area is 580 Å². The first-order valence-corrected chi connectivity index (χ1v) is 41.7. The zero-order valence-corrected chi connectivity index (χ0v) is 63.4. The smallest absolute Gasteiger partial charge is 0.462 e. The molecule has 0 aliphatic carbocycles. The first-order valence-electron chi connectivity index (χ1n) is 38.7. The van der Waals surface area contributed by atoms with Crippen LogP contribution in [0, 0.1) is 17.8 Å². The lowest BCUT2D eigenvalue weighted by Crippen LogP contribution is -2.30. The van der Waals surface area contributed by atoms with Gasteiger partial charge in [0.1, 0.15) is 19.3 Å². The molecule has 0 aromatic carbocycles. The van der Waals surface area contributed by atoms with Crippen LogP contribution >= 0.6 is 15.6 Å². The zero-order chi connectivity index (χ0) is 70.1. The first-order chi connectivity index (χ1) is 45.8. The van der Waals surface area contributed by atoms with Crippen molar-refractivity contribution in [1.29, 1.82) is 0 Å². The monoisotopic (exact) mass is 1390 g/mol. The molecule has 0 rings (SSSR count). The minimum atomic E-state index is -4.96. The van der Waals surface area contributed by atoms with Crippen LogP contribution in [0.25, 0.3) is 0 Å². The molecule has 0 aliphatic rings. The molecular weight excluding hydrogens is 1250 g/mol. The van der Waals surface area contributed by atoms with E-state index in [0.29, 0.717) is 25.7 Å². The van der Waals surface area contributed by atoms with E-state index in [0.717, 1.165) is 133 Å². The van der Waals surface area contributed by atoms with Gasteiger partial charge in [0.15, 0.2) is 12.2 Å². The summed E-state index contributed by atoms with van der Waals surface area (Å²) in [5.41, 5.74) is 0. The fourth-order valence-electron chi connectivity index (χ4n) is 11.0. The topological polar surface area (TPSA) is 237 Å². The van der Waals surface area contributed by atoms with Gasteiger partial charge in [-0.25, -0.2) is 9.13 Å². The standard InChI is InChI=1S/C76H144O17P2/c1-8-10-11-12-13-14-15-16-17-18-25-30-35-43-50-57-73(78)86-63-71(92-75(80)59-52-45-36-31-26-21-19-23-28-33-40-47-54-67(3)4)65-90-94(82,83)88-61-70(77)62-89-95(84,85)91-66-72(64-87-74(79)58-51-44-39-38-42-49-56-69(7)9-2)93-76(81)60-53-46-37-32-27-22-20-24-29-34-41-48-55-68(5)6/h14-17,67-72,77H,8-13,18-66H2,1-7H3,(H,82,83)(H,84,85)/b15-14-,17-16-/t69?,70-,71-,72-/m1/s1. The van der Waals surface area contributed by atoms with Crippen LogP contribution in [-0.4, -0.2) is 96.7 Å². The van der Waals surface area contributed by atoms with Gasteiger partial charge in [-0.15, -0.1) is 0 Å². The number of carbonyl (C=O) groups excluding carboxylic acids is 4. The highest BCUT2D eigenvalue weighted by atomic mass is 31.2. The van der Waals surface area contributed by atoms with Gasteiger partial charge in [-0.2, -0.15) is 0 Å². The number of allylic oxidation sites excluding steroid dienone is 4. The highest BCUT2D eigenvalue weighted by Gasteiger charge is 2.30. The number of ether oxygens (including phenoxy) is 4. The third kappa shape index (κ3) is 68.5. The second-order valence-electron chi connectivity index (χ2n) is 27.9. The Morgan fingerprint density at radius 3 is 0.937 bits per heavy atom. The number of esters is 4. The van der Waals surface area contributed by atoms with Crippen LogP contribution in [0.1, 0.15) is 363 Å². The number of hydrogen-bond acceptors (Lipinski definition) is 15. The lowest BCUT2D eigenvalue weighted by Gasteiger charge is -2.21. The van der Waals surface area contributed by atoms with Gasteiger partial charge in [0.05, 0.1) is 26.4 Å². The van der Waals surface area contributed by atoms with Crippen LogP contribution in [0.2, 0.25) is 0 Å². The van der Waals surface area contributed by atoms with Gasteiger partial charge in [-0.05, 0) is 69.1 Å². The lowest BCUT2D eigenvalue weighted by atomic mass is 10.00. The molecule has 0 fully saturated rings. The maximum Gasteiger partial charge on any atom is 0.472 e. The van der Waals surface area contributed by atoms with Crippen LogP contribution in [0.15, 0.2) is 24.3 Å². The number of phosphoric ester groups is 2. The Hall–Kier alpha value is -2.46. The summed E-state index contributed by atoms with van der Waals surface area (Å²) in [6.45, 7) is 11.8. The lowest BCUT2D eigenvalue weighted by molar-refractivity contribution is -0.161. The van der Waals surface area contributed by atoms with Gasteiger partial charge >= 0.3 is 39.5 Å². The van der Waals surface area contributed by atoms with E-state index in [9.17, 15) is 43.2 Å². The summed E-state index contributed by atoms with van der Waals surface area (Å²) in [6, 6.07) is 0. The number of aliphatic hydroxyl groups is 1. The van der Waals surface area contributed by atoms with Crippen molar-refractivity contribution in [2.45, 2.75) is 381 Å². The van der Waals surface area contributed by atoms with E-state index in [1.54, 1.807) is 0 Å². The molecule has 0 aromatic rings. The van der Waals surface area contributed by atoms with Gasteiger partial charge < -0.3 is 33.8 Å². The molecule has 19 heteroatoms. The van der Waals surface area contributed by atoms with Crippen molar-refractivity contribution in [3.8, 4) is 0 Å². The average Bonchev–Trinajstić information content (AvgIpc) is 1.36. The Morgan fingerprint density at radius 1 is 0.347 bits per heavy atom. The zero-order valence-electron chi connectivity index (χ0n) is 61.6. The van der Waals surface area contributed by atoms with Crippen LogP contribution < -0.4 is 0 Å². The van der Waals surface area contributed by atoms with Gasteiger partial charge in [0.2, 0.25) is 0 Å². The number of unbranched alkanes of at least 4 members (excludes halogenated alkanes) is 36. The quantitative estimate of drug-likeness (QED) is 0.0169. The predicted octanol–water partition coefficient (Wildman–Crippen LogP) is 21.7. The van der Waals surface area contributed by atoms with E-state index < -0.39 is 97.5 Å². The summed E-state index contributed by atoms with van der Waals surface area (Å²) in [6.07, 6.45) is 54.9. The summed E-state index contributed by atoms with van der Waals surface area (Å²) in [7, 11) is -9.92. The predicted molar refractivity (Wildman–Crippen MR) is 386 cm³/mol. The Kier molecular flexibility index (Phi) is 64.4. The van der Waals surface area contributed by atoms with Crippen LogP contribution in [-0.2, 0) is 65.4 Å². The van der Waals surface area contributed by atoms with E-state index in [4.69, 9.17) is 37.0 Å². The van der Waals surface area contributed by atoms with Crippen molar-refractivity contribution >= 4 is 39.5 Å². The Balaban J connectivity index is 5.30. The van der Waals surface area contributed by atoms with E-state index >= 15 is 0 Å². The third-order valence-electron chi connectivity index (χ3n) is 17.4. The molecule has 17 nitrogen and oxygen atoms in total. The molecule has 0 spiro atoms. The van der Waals surface area contributed by atoms with Gasteiger partial charge in [-0.3, -0.25) is 37.3 Å². The van der Waals surface area contributed by atoms with E-state index in [-0.39, 0.29) is 25.7 Å². The summed E-state index contributed by atoms with van der Waals surface area (Å²) < 4.78 is 68.5. The van der Waals surface area contributed by atoms with Gasteiger partial charge in [0, 0.05) is 25.7 Å². The van der Waals surface area contributed by atoms with E-state index in [2.05, 4.69) is 72.8 Å². The molecule has 0 amide bonds. The fourth-order valence-corrected chi connectivity index (χ4v) is 12.6. The molecule has 0 bridgehead atoms. The molecule has 0 saturated carbocycles. The molecule has 560 valence electrons. The molecular formula is C76H144O17P2. The molecule has 3 N–H and O–H groups in total. The molecule has 0 saturated heterocycles. The maximum atomic E-state index is 13.1. The number of phosphoric acid groups is 2. The second-order valence-corrected chi connectivity index (χ2v) is 30.8. The van der Waals surface area contributed by atoms with E-state index in [1.165, 1.54) is 148 Å². The molecule has 95 heavy (non-hydrogen) atoms. The number of hydrogen-bond donors (Lipinski definition) is 3. The van der Waals surface area contributed by atoms with Crippen molar-refractivity contribution in [3.63, 3.8) is 0 Å². The fraction of sp³-hybridized carbons (Fsp3) is 0.895. The molecule has 0 radical (unpaired) electrons. The molecule has 0 heterocycles. The van der Waals surface area contributed by atoms with Crippen molar-refractivity contribution in [2.24, 2.45) is 17.8 Å². The third-order valence-corrected chi connectivity index (χ3v) is 19.3. The largest absolute Gasteiger partial charge is 0.472 e. The normalized spacial score (nSPS) is 14.5. The average molecular weight is 1390 g/mol. The summed E-state index contributed by atoms with van der Waals surface area (Å²) >= 11 is 0. The number of rotatable bonds is 72. The van der Waals surface area contributed by atoms with Gasteiger partial charge in [-0.1, -0.05) is 310 Å². The minimum absolute atomic E-state index is 0.0996. The van der Waals surface area contributed by atoms with E-state index in [1.807, 2.05) is 0 Å². The molecule has 3 unspecified atom stereocenters. The Bertz CT molecular complexity index is 1950. The Morgan fingerprint density at radius 2 is 0.621 bits per heavy atom. The van der Waals surface area contributed by atoms with Crippen molar-refractivity contribution in [3.05, 3.63) is 24.3 Å². The first kappa shape index (κ1) is 92.5. The van der Waals surface area contributed by atoms with Crippen LogP contribution in [0.4, 0.5) is 0 Å². The number of aliphatic hydroxyl groups excluding tert-OH is 1. The van der Waals surface area contributed by atoms with Crippen LogP contribution in [0.5, 0.6) is 0 Å². The van der Waals surface area contributed by atoms with Gasteiger partial charge in [0.25, 0.3) is 0 Å². The van der Waals surface area contributed by atoms with Crippen molar-refractivity contribution < 1.29 is 80.2 Å². The highest BCUT2D eigenvalue weighted by molar-refractivity contribution is 7.47. The summed E-state index contributed by atoms with van der Waals surface area (Å²) in [4.78, 5) is 72.8. The van der Waals surface area contributed by atoms with Crippen molar-refractivity contribution in [1.82, 2.24) is 0 Å². The SMILES string of the molecule is CCCCCC/C=C\C=C/CCCCCCCC(=O)OC[C@H](COP(=O)(O)OC[C@@H](O)COP(=O)(O)OC[C@@H](COC(=O)CCCCCCCCC(C)CC)OC(=O)CCCCCCCCCCCCCCC(C)C)OC(=O)CCCCCCCCCCCCCCC(C)C. The second kappa shape index (κ2) is 66.1. The molecule has 0 aromatic heterocycles. The van der Waals surface area contributed by atoms with Crippen LogP contribution in [0.3, 0.4) is 0 Å². The maximum absolute atomic E-state index is 13.1. The van der Waals surface area contributed by atoms with Crippen molar-refractivity contribution in [2.75, 3.05) is 39.6 Å². The molecule has 6 atom stereocenters. The number of carbonyl (C=O) groups is 4. The minimum Gasteiger partial charge on any atom is -0.462 e. The highest BCUT2D eigenvalue weighted by Crippen LogP contribution is 2.45.